The Morgan fingerprint density at radius 1 is 1.06 bits per heavy atom. The van der Waals surface area contributed by atoms with Crippen LogP contribution in [0.4, 0.5) is 0 Å². The number of piperidine rings is 1. The van der Waals surface area contributed by atoms with Gasteiger partial charge in [0.2, 0.25) is 0 Å². The Kier molecular flexibility index (Phi) is 3.96. The molecule has 1 N–H and O–H groups in total. The molecular weight excluding hydrogens is 220 g/mol. The van der Waals surface area contributed by atoms with E-state index in [1.165, 1.54) is 57.3 Å². The van der Waals surface area contributed by atoms with E-state index in [1.807, 2.05) is 0 Å². The average Bonchev–Trinajstić information content (AvgIpc) is 2.46. The van der Waals surface area contributed by atoms with Gasteiger partial charge in [-0.3, -0.25) is 0 Å². The maximum absolute atomic E-state index is 3.69. The fraction of sp³-hybridized carbons (Fsp3) is 0.625. The average molecular weight is 244 g/mol. The first kappa shape index (κ1) is 12.2. The van der Waals surface area contributed by atoms with Crippen LogP contribution in [0.15, 0.2) is 24.3 Å². The van der Waals surface area contributed by atoms with Gasteiger partial charge < -0.3 is 10.2 Å². The number of likely N-dealkylation sites (tertiary alicyclic amines) is 1. The lowest BCUT2D eigenvalue weighted by molar-refractivity contribution is 0.215. The molecule has 2 heteroatoms. The summed E-state index contributed by atoms with van der Waals surface area (Å²) in [6, 6.07) is 9.55. The predicted molar refractivity (Wildman–Crippen MR) is 75.7 cm³/mol. The largest absolute Gasteiger partial charge is 0.310 e. The molecule has 1 saturated heterocycles. The van der Waals surface area contributed by atoms with E-state index in [0.29, 0.717) is 6.04 Å². The highest BCUT2D eigenvalue weighted by Crippen LogP contribution is 2.18. The molecule has 1 fully saturated rings. The Morgan fingerprint density at radius 3 is 2.67 bits per heavy atom. The Labute approximate surface area is 110 Å². The number of nitrogens with one attached hydrogen (secondary N) is 1. The molecule has 2 aliphatic heterocycles. The third-order valence-electron chi connectivity index (χ3n) is 4.41. The molecule has 0 amide bonds. The Balaban J connectivity index is 1.50. The van der Waals surface area contributed by atoms with Crippen molar-refractivity contribution in [1.82, 2.24) is 10.2 Å². The zero-order chi connectivity index (χ0) is 12.2. The fourth-order valence-corrected chi connectivity index (χ4v) is 3.25. The van der Waals surface area contributed by atoms with Gasteiger partial charge in [-0.05, 0) is 56.4 Å². The summed E-state index contributed by atoms with van der Waals surface area (Å²) in [6.07, 6.45) is 6.76. The number of hydrogen-bond acceptors (Lipinski definition) is 2. The minimum absolute atomic E-state index is 0.682. The van der Waals surface area contributed by atoms with Gasteiger partial charge in [0, 0.05) is 12.6 Å². The van der Waals surface area contributed by atoms with Crippen LogP contribution in [0.25, 0.3) is 0 Å². The Hall–Kier alpha value is -0.860. The summed E-state index contributed by atoms with van der Waals surface area (Å²) in [5.74, 6) is 0. The number of fused-ring (bicyclic) bond motifs is 1. The normalized spacial score (nSPS) is 24.8. The standard InChI is InChI=1S/C16H24N2/c1-4-9-18(10-5-1)11-8-16-12-14-6-2-3-7-15(14)13-17-16/h2-3,6-7,16-17H,1,4-5,8-13H2. The summed E-state index contributed by atoms with van der Waals surface area (Å²) in [4.78, 5) is 2.64. The SMILES string of the molecule is c1ccc2c(c1)CNC(CCN1CCCCC1)C2. The smallest absolute Gasteiger partial charge is 0.0210 e. The van der Waals surface area contributed by atoms with Crippen molar-refractivity contribution in [2.75, 3.05) is 19.6 Å². The molecule has 2 nitrogen and oxygen atoms in total. The lowest BCUT2D eigenvalue weighted by Gasteiger charge is -2.31. The van der Waals surface area contributed by atoms with Crippen molar-refractivity contribution >= 4 is 0 Å². The summed E-state index contributed by atoms with van der Waals surface area (Å²) < 4.78 is 0. The summed E-state index contributed by atoms with van der Waals surface area (Å²) in [6.45, 7) is 4.98. The van der Waals surface area contributed by atoms with Gasteiger partial charge in [0.15, 0.2) is 0 Å². The number of hydrogen-bond donors (Lipinski definition) is 1. The van der Waals surface area contributed by atoms with Crippen molar-refractivity contribution in [3.05, 3.63) is 35.4 Å². The molecule has 0 aromatic heterocycles. The highest BCUT2D eigenvalue weighted by molar-refractivity contribution is 5.29. The zero-order valence-corrected chi connectivity index (χ0v) is 11.2. The van der Waals surface area contributed by atoms with Gasteiger partial charge in [-0.2, -0.15) is 0 Å². The molecule has 0 spiro atoms. The first-order valence-corrected chi connectivity index (χ1v) is 7.44. The summed E-state index contributed by atoms with van der Waals surface area (Å²) in [5, 5.41) is 3.69. The maximum Gasteiger partial charge on any atom is 0.0210 e. The van der Waals surface area contributed by atoms with Crippen LogP contribution in [0, 0.1) is 0 Å². The zero-order valence-electron chi connectivity index (χ0n) is 11.2. The van der Waals surface area contributed by atoms with Gasteiger partial charge in [-0.25, -0.2) is 0 Å². The predicted octanol–water partition coefficient (Wildman–Crippen LogP) is 2.58. The van der Waals surface area contributed by atoms with E-state index in [1.54, 1.807) is 5.56 Å². The van der Waals surface area contributed by atoms with E-state index in [-0.39, 0.29) is 0 Å². The second-order valence-electron chi connectivity index (χ2n) is 5.74. The summed E-state index contributed by atoms with van der Waals surface area (Å²) >= 11 is 0. The minimum Gasteiger partial charge on any atom is -0.310 e. The van der Waals surface area contributed by atoms with Crippen LogP contribution in [0.2, 0.25) is 0 Å². The van der Waals surface area contributed by atoms with E-state index in [4.69, 9.17) is 0 Å². The second-order valence-corrected chi connectivity index (χ2v) is 5.74. The molecule has 1 atom stereocenters. The van der Waals surface area contributed by atoms with Crippen molar-refractivity contribution in [2.45, 2.75) is 44.7 Å². The highest BCUT2D eigenvalue weighted by Gasteiger charge is 2.18. The molecule has 1 aromatic rings. The summed E-state index contributed by atoms with van der Waals surface area (Å²) in [5.41, 5.74) is 3.05. The number of rotatable bonds is 3. The highest BCUT2D eigenvalue weighted by atomic mass is 15.1. The van der Waals surface area contributed by atoms with Gasteiger partial charge in [0.1, 0.15) is 0 Å². The van der Waals surface area contributed by atoms with Gasteiger partial charge >= 0.3 is 0 Å². The molecule has 2 heterocycles. The first-order chi connectivity index (χ1) is 8.92. The van der Waals surface area contributed by atoms with Crippen LogP contribution in [-0.2, 0) is 13.0 Å². The molecule has 0 aliphatic carbocycles. The quantitative estimate of drug-likeness (QED) is 0.879. The van der Waals surface area contributed by atoms with Crippen LogP contribution >= 0.6 is 0 Å². The maximum atomic E-state index is 3.69. The monoisotopic (exact) mass is 244 g/mol. The molecule has 0 saturated carbocycles. The second kappa shape index (κ2) is 5.85. The van der Waals surface area contributed by atoms with E-state index in [0.717, 1.165) is 6.54 Å². The van der Waals surface area contributed by atoms with Crippen LogP contribution < -0.4 is 5.32 Å². The molecule has 0 bridgehead atoms. The molecule has 2 aliphatic rings. The summed E-state index contributed by atoms with van der Waals surface area (Å²) in [7, 11) is 0. The van der Waals surface area contributed by atoms with Crippen molar-refractivity contribution in [3.8, 4) is 0 Å². The lowest BCUT2D eigenvalue weighted by atomic mass is 9.94. The van der Waals surface area contributed by atoms with Crippen LogP contribution in [0.3, 0.4) is 0 Å². The van der Waals surface area contributed by atoms with E-state index in [2.05, 4.69) is 34.5 Å². The Bertz CT molecular complexity index is 382. The van der Waals surface area contributed by atoms with Crippen molar-refractivity contribution < 1.29 is 0 Å². The number of nitrogens with zero attached hydrogens (tertiary/aromatic N) is 1. The molecule has 1 unspecified atom stereocenters. The third-order valence-corrected chi connectivity index (χ3v) is 4.41. The Morgan fingerprint density at radius 2 is 1.83 bits per heavy atom. The lowest BCUT2D eigenvalue weighted by Crippen LogP contribution is -2.39. The molecule has 0 radical (unpaired) electrons. The van der Waals surface area contributed by atoms with Crippen molar-refractivity contribution in [3.63, 3.8) is 0 Å². The van der Waals surface area contributed by atoms with E-state index in [9.17, 15) is 0 Å². The van der Waals surface area contributed by atoms with E-state index < -0.39 is 0 Å². The number of benzene rings is 1. The molecular formula is C16H24N2. The van der Waals surface area contributed by atoms with Crippen LogP contribution in [0.5, 0.6) is 0 Å². The van der Waals surface area contributed by atoms with Gasteiger partial charge in [-0.15, -0.1) is 0 Å². The van der Waals surface area contributed by atoms with E-state index >= 15 is 0 Å². The first-order valence-electron chi connectivity index (χ1n) is 7.44. The van der Waals surface area contributed by atoms with Gasteiger partial charge in [-0.1, -0.05) is 30.7 Å². The van der Waals surface area contributed by atoms with Crippen molar-refractivity contribution in [1.29, 1.82) is 0 Å². The molecule has 98 valence electrons. The third kappa shape index (κ3) is 2.93. The molecule has 3 rings (SSSR count). The van der Waals surface area contributed by atoms with Gasteiger partial charge in [0.05, 0.1) is 0 Å². The molecule has 18 heavy (non-hydrogen) atoms. The van der Waals surface area contributed by atoms with Crippen LogP contribution in [-0.4, -0.2) is 30.6 Å². The molecule has 1 aromatic carbocycles. The fourth-order valence-electron chi connectivity index (χ4n) is 3.25. The minimum atomic E-state index is 0.682. The van der Waals surface area contributed by atoms with Gasteiger partial charge in [0.25, 0.3) is 0 Å². The topological polar surface area (TPSA) is 15.3 Å². The van der Waals surface area contributed by atoms with Crippen LogP contribution in [0.1, 0.15) is 36.8 Å². The van der Waals surface area contributed by atoms with Crippen molar-refractivity contribution in [2.24, 2.45) is 0 Å².